The molecule has 1 aliphatic carbocycles. The van der Waals surface area contributed by atoms with Crippen LogP contribution in [0.15, 0.2) is 18.3 Å². The van der Waals surface area contributed by atoms with Crippen molar-refractivity contribution in [2.75, 3.05) is 19.0 Å². The van der Waals surface area contributed by atoms with E-state index < -0.39 is 0 Å². The van der Waals surface area contributed by atoms with Crippen molar-refractivity contribution in [3.8, 4) is 0 Å². The quantitative estimate of drug-likeness (QED) is 0.827. The number of anilines is 1. The van der Waals surface area contributed by atoms with E-state index in [1.165, 1.54) is 18.7 Å². The first-order valence-electron chi connectivity index (χ1n) is 5.15. The molecule has 15 heavy (non-hydrogen) atoms. The molecule has 0 saturated heterocycles. The summed E-state index contributed by atoms with van der Waals surface area (Å²) in [5, 5.41) is 3.16. The van der Waals surface area contributed by atoms with Gasteiger partial charge in [-0.15, -0.1) is 0 Å². The summed E-state index contributed by atoms with van der Waals surface area (Å²) in [4.78, 5) is 3.93. The molecule has 0 amide bonds. The zero-order chi connectivity index (χ0) is 10.7. The topological polar surface area (TPSA) is 34.1 Å². The fourth-order valence-electron chi connectivity index (χ4n) is 1.76. The van der Waals surface area contributed by atoms with E-state index in [9.17, 15) is 4.39 Å². The largest absolute Gasteiger partial charge is 0.376 e. The summed E-state index contributed by atoms with van der Waals surface area (Å²) in [7, 11) is 1.74. The third kappa shape index (κ3) is 2.26. The second-order valence-electron chi connectivity index (χ2n) is 3.96. The minimum atomic E-state index is -0.314. The lowest BCUT2D eigenvalue weighted by Crippen LogP contribution is -2.45. The molecular formula is C11H15FN2O. The van der Waals surface area contributed by atoms with Crippen LogP contribution in [0.5, 0.6) is 0 Å². The van der Waals surface area contributed by atoms with Crippen molar-refractivity contribution in [3.63, 3.8) is 0 Å². The molecule has 1 saturated carbocycles. The highest BCUT2D eigenvalue weighted by Crippen LogP contribution is 2.34. The molecular weight excluding hydrogens is 195 g/mol. The molecule has 1 fully saturated rings. The van der Waals surface area contributed by atoms with Crippen molar-refractivity contribution in [1.82, 2.24) is 4.98 Å². The molecule has 0 unspecified atom stereocenters. The second kappa shape index (κ2) is 4.14. The number of ether oxygens (including phenoxy) is 1. The van der Waals surface area contributed by atoms with E-state index in [0.29, 0.717) is 5.82 Å². The Bertz CT molecular complexity index is 316. The van der Waals surface area contributed by atoms with Gasteiger partial charge < -0.3 is 10.1 Å². The van der Waals surface area contributed by atoms with Gasteiger partial charge in [0, 0.05) is 13.7 Å². The fraction of sp³-hybridized carbons (Fsp3) is 0.545. The number of aromatic nitrogens is 1. The zero-order valence-corrected chi connectivity index (χ0v) is 8.79. The summed E-state index contributed by atoms with van der Waals surface area (Å²) in [6.07, 6.45) is 4.59. The Labute approximate surface area is 88.7 Å². The van der Waals surface area contributed by atoms with E-state index in [1.54, 1.807) is 13.2 Å². The van der Waals surface area contributed by atoms with Gasteiger partial charge in [0.2, 0.25) is 0 Å². The zero-order valence-electron chi connectivity index (χ0n) is 8.79. The molecule has 0 atom stereocenters. The molecule has 3 nitrogen and oxygen atoms in total. The first kappa shape index (κ1) is 10.4. The monoisotopic (exact) mass is 210 g/mol. The number of nitrogens with one attached hydrogen (secondary N) is 1. The average Bonchev–Trinajstić information content (AvgIpc) is 2.20. The van der Waals surface area contributed by atoms with Gasteiger partial charge in [0.1, 0.15) is 11.6 Å². The molecule has 1 N–H and O–H groups in total. The summed E-state index contributed by atoms with van der Waals surface area (Å²) in [5.74, 6) is 0.380. The Morgan fingerprint density at radius 3 is 2.80 bits per heavy atom. The van der Waals surface area contributed by atoms with Crippen LogP contribution in [0.4, 0.5) is 10.2 Å². The van der Waals surface area contributed by atoms with Crippen LogP contribution >= 0.6 is 0 Å². The van der Waals surface area contributed by atoms with Gasteiger partial charge in [0.25, 0.3) is 0 Å². The highest BCUT2D eigenvalue weighted by atomic mass is 19.1. The van der Waals surface area contributed by atoms with Crippen molar-refractivity contribution in [3.05, 3.63) is 24.1 Å². The molecule has 4 heteroatoms. The number of hydrogen-bond donors (Lipinski definition) is 1. The highest BCUT2D eigenvalue weighted by Gasteiger charge is 2.36. The van der Waals surface area contributed by atoms with E-state index in [4.69, 9.17) is 4.74 Å². The van der Waals surface area contributed by atoms with Crippen LogP contribution in [0.2, 0.25) is 0 Å². The van der Waals surface area contributed by atoms with Gasteiger partial charge in [-0.1, -0.05) is 0 Å². The molecule has 1 aromatic heterocycles. The number of hydrogen-bond acceptors (Lipinski definition) is 3. The van der Waals surface area contributed by atoms with Crippen molar-refractivity contribution in [1.29, 1.82) is 0 Å². The Morgan fingerprint density at radius 1 is 1.53 bits per heavy atom. The summed E-state index contributed by atoms with van der Waals surface area (Å²) in [6.45, 7) is 0.738. The third-order valence-electron chi connectivity index (χ3n) is 3.02. The summed E-state index contributed by atoms with van der Waals surface area (Å²) < 4.78 is 18.0. The lowest BCUT2D eigenvalue weighted by atomic mass is 9.80. The van der Waals surface area contributed by atoms with E-state index >= 15 is 0 Å². The maximum Gasteiger partial charge on any atom is 0.141 e. The van der Waals surface area contributed by atoms with Gasteiger partial charge in [-0.25, -0.2) is 9.37 Å². The number of halogens is 1. The maximum atomic E-state index is 12.6. The van der Waals surface area contributed by atoms with Crippen LogP contribution in [0.25, 0.3) is 0 Å². The predicted octanol–water partition coefficient (Wildman–Crippen LogP) is 2.20. The Balaban J connectivity index is 1.90. The number of pyridine rings is 1. The Hall–Kier alpha value is -1.16. The first-order chi connectivity index (χ1) is 7.24. The van der Waals surface area contributed by atoms with Crippen molar-refractivity contribution in [2.45, 2.75) is 24.9 Å². The minimum absolute atomic E-state index is 0.0317. The van der Waals surface area contributed by atoms with Crippen molar-refractivity contribution >= 4 is 5.82 Å². The highest BCUT2D eigenvalue weighted by molar-refractivity contribution is 5.34. The normalized spacial score (nSPS) is 18.3. The summed E-state index contributed by atoms with van der Waals surface area (Å²) >= 11 is 0. The van der Waals surface area contributed by atoms with Crippen LogP contribution in [0, 0.1) is 5.82 Å². The van der Waals surface area contributed by atoms with Gasteiger partial charge in [0.05, 0.1) is 11.8 Å². The molecule has 1 aromatic rings. The average molecular weight is 210 g/mol. The van der Waals surface area contributed by atoms with Crippen LogP contribution in [-0.4, -0.2) is 24.2 Å². The van der Waals surface area contributed by atoms with Gasteiger partial charge >= 0.3 is 0 Å². The summed E-state index contributed by atoms with van der Waals surface area (Å²) in [6, 6.07) is 3.03. The Kier molecular flexibility index (Phi) is 2.86. The molecule has 0 aromatic carbocycles. The smallest absolute Gasteiger partial charge is 0.141 e. The van der Waals surface area contributed by atoms with Crippen LogP contribution in [0.1, 0.15) is 19.3 Å². The fourth-order valence-corrected chi connectivity index (χ4v) is 1.76. The molecule has 0 bridgehead atoms. The lowest BCUT2D eigenvalue weighted by molar-refractivity contribution is -0.0601. The van der Waals surface area contributed by atoms with Crippen LogP contribution < -0.4 is 5.32 Å². The number of methoxy groups -OCH3 is 1. The molecule has 1 heterocycles. The minimum Gasteiger partial charge on any atom is -0.376 e. The van der Waals surface area contributed by atoms with Gasteiger partial charge in [-0.2, -0.15) is 0 Å². The van der Waals surface area contributed by atoms with Crippen molar-refractivity contribution in [2.24, 2.45) is 0 Å². The van der Waals surface area contributed by atoms with Gasteiger partial charge in [-0.3, -0.25) is 0 Å². The van der Waals surface area contributed by atoms with Crippen LogP contribution in [0.3, 0.4) is 0 Å². The number of rotatable bonds is 4. The van der Waals surface area contributed by atoms with Gasteiger partial charge in [0.15, 0.2) is 0 Å². The third-order valence-corrected chi connectivity index (χ3v) is 3.02. The van der Waals surface area contributed by atoms with Gasteiger partial charge in [-0.05, 0) is 31.4 Å². The predicted molar refractivity (Wildman–Crippen MR) is 56.3 cm³/mol. The SMILES string of the molecule is COC1(CNc2ccc(F)cn2)CCC1. The standard InChI is InChI=1S/C11H15FN2O/c1-15-11(5-2-6-11)8-14-10-4-3-9(12)7-13-10/h3-4,7H,2,5-6,8H2,1H3,(H,13,14). The van der Waals surface area contributed by atoms with Crippen LogP contribution in [-0.2, 0) is 4.74 Å². The van der Waals surface area contributed by atoms with E-state index in [-0.39, 0.29) is 11.4 Å². The molecule has 0 aliphatic heterocycles. The Morgan fingerprint density at radius 2 is 2.33 bits per heavy atom. The molecule has 0 spiro atoms. The van der Waals surface area contributed by atoms with E-state index in [1.807, 2.05) is 0 Å². The molecule has 0 radical (unpaired) electrons. The van der Waals surface area contributed by atoms with Crippen molar-refractivity contribution < 1.29 is 9.13 Å². The molecule has 2 rings (SSSR count). The van der Waals surface area contributed by atoms with E-state index in [0.717, 1.165) is 19.4 Å². The maximum absolute atomic E-state index is 12.6. The number of nitrogens with zero attached hydrogens (tertiary/aromatic N) is 1. The second-order valence-corrected chi connectivity index (χ2v) is 3.96. The first-order valence-corrected chi connectivity index (χ1v) is 5.15. The molecule has 82 valence electrons. The summed E-state index contributed by atoms with van der Waals surface area (Å²) in [5.41, 5.74) is -0.0317. The van der Waals surface area contributed by atoms with E-state index in [2.05, 4.69) is 10.3 Å². The lowest BCUT2D eigenvalue weighted by Gasteiger charge is -2.40. The molecule has 1 aliphatic rings.